The molecule has 0 unspecified atom stereocenters. The fourth-order valence-electron chi connectivity index (χ4n) is 2.10. The van der Waals surface area contributed by atoms with Gasteiger partial charge in [-0.05, 0) is 30.3 Å². The average molecular weight is 341 g/mol. The van der Waals surface area contributed by atoms with E-state index < -0.39 is 5.91 Å². The van der Waals surface area contributed by atoms with E-state index in [0.717, 1.165) is 10.2 Å². The maximum Gasteiger partial charge on any atom is 0.267 e. The summed E-state index contributed by atoms with van der Waals surface area (Å²) in [7, 11) is 1.86. The van der Waals surface area contributed by atoms with Crippen LogP contribution in [0.3, 0.4) is 0 Å². The average Bonchev–Trinajstić information content (AvgIpc) is 3.20. The highest BCUT2D eigenvalue weighted by Crippen LogP contribution is 2.15. The van der Waals surface area contributed by atoms with Crippen molar-refractivity contribution in [3.63, 3.8) is 0 Å². The number of para-hydroxylation sites is 1. The van der Waals surface area contributed by atoms with Crippen LogP contribution in [-0.2, 0) is 16.6 Å². The zero-order valence-electron chi connectivity index (χ0n) is 12.9. The van der Waals surface area contributed by atoms with Crippen LogP contribution >= 0.6 is 11.3 Å². The maximum atomic E-state index is 11.9. The number of nitrogens with zero attached hydrogens (tertiary/aromatic N) is 2. The molecular formula is C17H15N3O3S. The van der Waals surface area contributed by atoms with Gasteiger partial charge < -0.3 is 14.3 Å². The lowest BCUT2D eigenvalue weighted by molar-refractivity contribution is -0.122. The van der Waals surface area contributed by atoms with Crippen LogP contribution in [0.2, 0.25) is 0 Å². The first-order chi connectivity index (χ1) is 11.6. The maximum absolute atomic E-state index is 11.9. The Hall–Kier alpha value is -2.93. The summed E-state index contributed by atoms with van der Waals surface area (Å²) in [6.07, 6.45) is 4.36. The van der Waals surface area contributed by atoms with Crippen LogP contribution < -0.4 is 10.1 Å². The Bertz CT molecular complexity index is 965. The van der Waals surface area contributed by atoms with E-state index in [0.29, 0.717) is 10.6 Å². The van der Waals surface area contributed by atoms with Crippen LogP contribution in [0.5, 0.6) is 0 Å². The number of nitrogens with one attached hydrogen (secondary N) is 1. The fourth-order valence-corrected chi connectivity index (χ4v) is 3.14. The Kier molecular flexibility index (Phi) is 4.72. The van der Waals surface area contributed by atoms with Crippen LogP contribution in [0.4, 0.5) is 0 Å². The van der Waals surface area contributed by atoms with Gasteiger partial charge in [-0.2, -0.15) is 4.99 Å². The molecule has 2 heterocycles. The van der Waals surface area contributed by atoms with Crippen molar-refractivity contribution < 1.29 is 14.0 Å². The molecule has 0 spiro atoms. The van der Waals surface area contributed by atoms with Crippen molar-refractivity contribution >= 4 is 39.4 Å². The van der Waals surface area contributed by atoms with Gasteiger partial charge in [-0.3, -0.25) is 9.59 Å². The summed E-state index contributed by atoms with van der Waals surface area (Å²) in [5, 5.41) is 2.50. The smallest absolute Gasteiger partial charge is 0.267 e. The van der Waals surface area contributed by atoms with E-state index in [1.54, 1.807) is 12.1 Å². The number of hydrogen-bond donors (Lipinski definition) is 1. The highest BCUT2D eigenvalue weighted by atomic mass is 32.1. The molecule has 0 atom stereocenters. The van der Waals surface area contributed by atoms with Crippen LogP contribution in [-0.4, -0.2) is 22.9 Å². The van der Waals surface area contributed by atoms with Gasteiger partial charge in [0.25, 0.3) is 5.91 Å². The summed E-state index contributed by atoms with van der Waals surface area (Å²) in [4.78, 5) is 28.3. The number of fused-ring (bicyclic) bond motifs is 1. The van der Waals surface area contributed by atoms with Crippen LogP contribution in [0.15, 0.2) is 58.1 Å². The van der Waals surface area contributed by atoms with Crippen molar-refractivity contribution in [3.8, 4) is 0 Å². The minimum absolute atomic E-state index is 0.157. The predicted octanol–water partition coefficient (Wildman–Crippen LogP) is 2.09. The van der Waals surface area contributed by atoms with Crippen molar-refractivity contribution in [2.75, 3.05) is 6.54 Å². The van der Waals surface area contributed by atoms with E-state index in [-0.39, 0.29) is 12.5 Å². The van der Waals surface area contributed by atoms with Gasteiger partial charge in [0.15, 0.2) is 4.80 Å². The van der Waals surface area contributed by atoms with Gasteiger partial charge >= 0.3 is 0 Å². The van der Waals surface area contributed by atoms with Gasteiger partial charge in [0.1, 0.15) is 5.76 Å². The van der Waals surface area contributed by atoms with Crippen molar-refractivity contribution in [2.45, 2.75) is 0 Å². The second-order valence-electron chi connectivity index (χ2n) is 4.98. The fraction of sp³-hybridized carbons (Fsp3) is 0.118. The van der Waals surface area contributed by atoms with Crippen molar-refractivity contribution in [3.05, 3.63) is 59.3 Å². The highest BCUT2D eigenvalue weighted by Gasteiger charge is 2.05. The number of thiazole rings is 1. The molecule has 1 N–H and O–H groups in total. The molecular weight excluding hydrogens is 326 g/mol. The molecule has 6 nitrogen and oxygen atoms in total. The summed E-state index contributed by atoms with van der Waals surface area (Å²) in [5.74, 6) is -0.217. The van der Waals surface area contributed by atoms with Gasteiger partial charge in [-0.1, -0.05) is 23.5 Å². The first kappa shape index (κ1) is 15.9. The summed E-state index contributed by atoms with van der Waals surface area (Å²) in [6.45, 7) is -0.157. The number of aromatic nitrogens is 1. The summed E-state index contributed by atoms with van der Waals surface area (Å²) >= 11 is 1.43. The lowest BCUT2D eigenvalue weighted by Crippen LogP contribution is -2.28. The second-order valence-corrected chi connectivity index (χ2v) is 5.99. The molecule has 0 aliphatic carbocycles. The molecule has 1 aromatic carbocycles. The monoisotopic (exact) mass is 341 g/mol. The lowest BCUT2D eigenvalue weighted by atomic mass is 10.3. The number of carbonyl (C=O) groups is 2. The zero-order valence-corrected chi connectivity index (χ0v) is 13.7. The van der Waals surface area contributed by atoms with Crippen LogP contribution in [0.1, 0.15) is 5.76 Å². The second kappa shape index (κ2) is 7.10. The molecule has 0 radical (unpaired) electrons. The molecule has 0 aliphatic heterocycles. The van der Waals surface area contributed by atoms with Gasteiger partial charge in [0.2, 0.25) is 5.91 Å². The van der Waals surface area contributed by atoms with E-state index in [9.17, 15) is 9.59 Å². The molecule has 2 aromatic heterocycles. The number of hydrogen-bond acceptors (Lipinski definition) is 4. The number of aryl methyl sites for hydroxylation is 1. The third kappa shape index (κ3) is 3.69. The molecule has 3 aromatic rings. The molecule has 0 fully saturated rings. The van der Waals surface area contributed by atoms with E-state index >= 15 is 0 Å². The van der Waals surface area contributed by atoms with Gasteiger partial charge in [0, 0.05) is 13.1 Å². The lowest BCUT2D eigenvalue weighted by Gasteiger charge is -1.97. The number of benzene rings is 1. The van der Waals surface area contributed by atoms with E-state index in [2.05, 4.69) is 10.3 Å². The number of rotatable bonds is 4. The zero-order chi connectivity index (χ0) is 16.9. The molecule has 0 bridgehead atoms. The largest absolute Gasteiger partial charge is 0.465 e. The number of furan rings is 1. The molecule has 122 valence electrons. The Morgan fingerprint density at radius 2 is 2.12 bits per heavy atom. The Balaban J connectivity index is 1.64. The van der Waals surface area contributed by atoms with Crippen molar-refractivity contribution in [2.24, 2.45) is 12.0 Å². The SMILES string of the molecule is Cn1c(=NC(=O)CNC(=O)/C=C/c2ccco2)sc2ccccc21. The number of amides is 2. The molecule has 2 amide bonds. The third-order valence-corrected chi connectivity index (χ3v) is 4.40. The van der Waals surface area contributed by atoms with E-state index in [4.69, 9.17) is 4.42 Å². The summed E-state index contributed by atoms with van der Waals surface area (Å²) in [6, 6.07) is 11.3. The van der Waals surface area contributed by atoms with Crippen LogP contribution in [0.25, 0.3) is 16.3 Å². The molecule has 24 heavy (non-hydrogen) atoms. The molecule has 0 saturated carbocycles. The number of carbonyl (C=O) groups excluding carboxylic acids is 2. The van der Waals surface area contributed by atoms with E-state index in [1.165, 1.54) is 29.8 Å². The summed E-state index contributed by atoms with van der Waals surface area (Å²) < 4.78 is 7.99. The van der Waals surface area contributed by atoms with E-state index in [1.807, 2.05) is 35.9 Å². The normalized spacial score (nSPS) is 12.1. The Labute approximate surface area is 141 Å². The Morgan fingerprint density at radius 1 is 1.29 bits per heavy atom. The van der Waals surface area contributed by atoms with Crippen molar-refractivity contribution in [1.82, 2.24) is 9.88 Å². The first-order valence-corrected chi connectivity index (χ1v) is 8.06. The molecule has 0 aliphatic rings. The summed E-state index contributed by atoms with van der Waals surface area (Å²) in [5.41, 5.74) is 1.01. The Morgan fingerprint density at radius 3 is 2.88 bits per heavy atom. The van der Waals surface area contributed by atoms with Crippen LogP contribution in [0, 0.1) is 0 Å². The molecule has 3 rings (SSSR count). The highest BCUT2D eigenvalue weighted by molar-refractivity contribution is 7.16. The minimum atomic E-state index is -0.406. The first-order valence-electron chi connectivity index (χ1n) is 7.25. The van der Waals surface area contributed by atoms with Gasteiger partial charge in [-0.25, -0.2) is 0 Å². The minimum Gasteiger partial charge on any atom is -0.465 e. The van der Waals surface area contributed by atoms with Gasteiger partial charge in [-0.15, -0.1) is 0 Å². The quantitative estimate of drug-likeness (QED) is 0.738. The molecule has 0 saturated heterocycles. The van der Waals surface area contributed by atoms with Crippen molar-refractivity contribution in [1.29, 1.82) is 0 Å². The molecule has 7 heteroatoms. The standard InChI is InChI=1S/C17H15N3O3S/c1-20-13-6-2-3-7-14(13)24-17(20)19-16(22)11-18-15(21)9-8-12-5-4-10-23-12/h2-10H,11H2,1H3,(H,18,21)/b9-8+,19-17?. The predicted molar refractivity (Wildman–Crippen MR) is 92.1 cm³/mol. The third-order valence-electron chi connectivity index (χ3n) is 3.29. The van der Waals surface area contributed by atoms with Gasteiger partial charge in [0.05, 0.1) is 23.0 Å². The topological polar surface area (TPSA) is 76.6 Å².